The van der Waals surface area contributed by atoms with Gasteiger partial charge in [-0.1, -0.05) is 18.2 Å². The van der Waals surface area contributed by atoms with Gasteiger partial charge in [-0.2, -0.15) is 0 Å². The number of anilines is 1. The molecule has 9 heteroatoms. The Bertz CT molecular complexity index is 1360. The molecule has 33 heavy (non-hydrogen) atoms. The molecule has 6 nitrogen and oxygen atoms in total. The second-order valence-electron chi connectivity index (χ2n) is 8.48. The monoisotopic (exact) mass is 469 g/mol. The van der Waals surface area contributed by atoms with Crippen LogP contribution in [0.15, 0.2) is 59.6 Å². The average molecular weight is 470 g/mol. The molecule has 0 bridgehead atoms. The number of nitrogens with two attached hydrogens (primary N) is 1. The number of alkyl halides is 1. The topological polar surface area (TPSA) is 93.4 Å². The number of nitrogens with zero attached hydrogens (tertiary/aromatic N) is 2. The van der Waals surface area contributed by atoms with E-state index < -0.39 is 39.4 Å². The molecule has 0 fully saturated rings. The predicted molar refractivity (Wildman–Crippen MR) is 119 cm³/mol. The van der Waals surface area contributed by atoms with Crippen LogP contribution in [-0.4, -0.2) is 32.0 Å². The SMILES string of the molecule is NS(=O)(=O)c1cc2c(cc1F)C[C@@H](CF)N2C(=O)[C@@H]1Cc2ccc(-c3ccccn3)cc2C1. The van der Waals surface area contributed by atoms with Crippen LogP contribution in [0.1, 0.15) is 16.7 Å². The average Bonchev–Trinajstić information content (AvgIpc) is 3.38. The Morgan fingerprint density at radius 2 is 1.85 bits per heavy atom. The van der Waals surface area contributed by atoms with Gasteiger partial charge in [-0.05, 0) is 66.3 Å². The maximum atomic E-state index is 14.3. The summed E-state index contributed by atoms with van der Waals surface area (Å²) in [6, 6.07) is 12.9. The lowest BCUT2D eigenvalue weighted by molar-refractivity contribution is -0.122. The van der Waals surface area contributed by atoms with Gasteiger partial charge >= 0.3 is 0 Å². The summed E-state index contributed by atoms with van der Waals surface area (Å²) in [5, 5.41) is 5.13. The Hall–Kier alpha value is -3.17. The van der Waals surface area contributed by atoms with Crippen molar-refractivity contribution in [2.45, 2.75) is 30.2 Å². The first-order valence-corrected chi connectivity index (χ1v) is 12.1. The second kappa shape index (κ2) is 8.00. The van der Waals surface area contributed by atoms with Crippen LogP contribution in [0.25, 0.3) is 11.3 Å². The molecule has 5 rings (SSSR count). The molecule has 2 heterocycles. The fourth-order valence-corrected chi connectivity index (χ4v) is 5.44. The van der Waals surface area contributed by atoms with Crippen LogP contribution in [0.5, 0.6) is 0 Å². The highest BCUT2D eigenvalue weighted by molar-refractivity contribution is 7.89. The summed E-state index contributed by atoms with van der Waals surface area (Å²) < 4.78 is 51.7. The van der Waals surface area contributed by atoms with E-state index in [-0.39, 0.29) is 18.0 Å². The number of amides is 1. The summed E-state index contributed by atoms with van der Waals surface area (Å²) in [5.41, 5.74) is 4.44. The van der Waals surface area contributed by atoms with Crippen LogP contribution in [-0.2, 0) is 34.1 Å². The van der Waals surface area contributed by atoms with Crippen LogP contribution >= 0.6 is 0 Å². The molecule has 3 aromatic rings. The molecule has 0 unspecified atom stereocenters. The quantitative estimate of drug-likeness (QED) is 0.635. The van der Waals surface area contributed by atoms with E-state index in [2.05, 4.69) is 4.98 Å². The van der Waals surface area contributed by atoms with Gasteiger partial charge in [0, 0.05) is 23.4 Å². The Morgan fingerprint density at radius 3 is 2.55 bits per heavy atom. The second-order valence-corrected chi connectivity index (χ2v) is 10.0. The fraction of sp³-hybridized carbons (Fsp3) is 0.250. The summed E-state index contributed by atoms with van der Waals surface area (Å²) in [6.45, 7) is -0.823. The van der Waals surface area contributed by atoms with Crippen molar-refractivity contribution in [1.29, 1.82) is 0 Å². The number of pyridine rings is 1. The van der Waals surface area contributed by atoms with Gasteiger partial charge in [0.25, 0.3) is 0 Å². The maximum Gasteiger partial charge on any atom is 0.241 e. The number of primary sulfonamides is 1. The largest absolute Gasteiger partial charge is 0.306 e. The van der Waals surface area contributed by atoms with Crippen molar-refractivity contribution in [3.05, 3.63) is 77.2 Å². The molecule has 170 valence electrons. The summed E-state index contributed by atoms with van der Waals surface area (Å²) in [7, 11) is -4.33. The number of hydrogen-bond donors (Lipinski definition) is 1. The van der Waals surface area contributed by atoms with Gasteiger partial charge in [-0.15, -0.1) is 0 Å². The molecule has 0 spiro atoms. The smallest absolute Gasteiger partial charge is 0.241 e. The molecule has 2 N–H and O–H groups in total. The minimum absolute atomic E-state index is 0.114. The standard InChI is InChI=1S/C24H21F2N3O3S/c25-13-19-10-17-11-20(26)23(33(27,31)32)12-22(17)29(19)24(30)18-7-14-4-5-15(8-16(14)9-18)21-3-1-2-6-28-21/h1-6,8,11-12,18-19H,7,9-10,13H2,(H2,27,31,32)/t18-,19+/m1/s1. The third kappa shape index (κ3) is 3.81. The van der Waals surface area contributed by atoms with E-state index in [1.807, 2.05) is 36.4 Å². The lowest BCUT2D eigenvalue weighted by atomic mass is 10.0. The van der Waals surface area contributed by atoms with Crippen molar-refractivity contribution in [3.63, 3.8) is 0 Å². The molecular formula is C24H21F2N3O3S. The normalized spacial score (nSPS) is 19.4. The highest BCUT2D eigenvalue weighted by atomic mass is 32.2. The predicted octanol–water partition coefficient (Wildman–Crippen LogP) is 3.18. The number of carbonyl (C=O) groups is 1. The van der Waals surface area contributed by atoms with E-state index in [1.165, 1.54) is 4.90 Å². The van der Waals surface area contributed by atoms with Crippen LogP contribution < -0.4 is 10.0 Å². The Morgan fingerprint density at radius 1 is 1.06 bits per heavy atom. The van der Waals surface area contributed by atoms with E-state index in [1.54, 1.807) is 6.20 Å². The van der Waals surface area contributed by atoms with Crippen molar-refractivity contribution in [2.24, 2.45) is 11.1 Å². The third-order valence-corrected chi connectivity index (χ3v) is 7.31. The minimum Gasteiger partial charge on any atom is -0.306 e. The number of benzene rings is 2. The molecule has 1 aliphatic heterocycles. The van der Waals surface area contributed by atoms with Crippen molar-refractivity contribution >= 4 is 21.6 Å². The highest BCUT2D eigenvalue weighted by Crippen LogP contribution is 2.39. The van der Waals surface area contributed by atoms with Crippen molar-refractivity contribution in [3.8, 4) is 11.3 Å². The number of halogens is 2. The van der Waals surface area contributed by atoms with Crippen LogP contribution in [0.2, 0.25) is 0 Å². The molecular weight excluding hydrogens is 448 g/mol. The van der Waals surface area contributed by atoms with E-state index in [4.69, 9.17) is 5.14 Å². The first-order valence-electron chi connectivity index (χ1n) is 10.5. The van der Waals surface area contributed by atoms with Crippen LogP contribution in [0.3, 0.4) is 0 Å². The molecule has 0 saturated heterocycles. The molecule has 0 saturated carbocycles. The van der Waals surface area contributed by atoms with Crippen LogP contribution in [0, 0.1) is 11.7 Å². The van der Waals surface area contributed by atoms with Gasteiger partial charge in [0.1, 0.15) is 17.4 Å². The zero-order valence-corrected chi connectivity index (χ0v) is 18.4. The van der Waals surface area contributed by atoms with Gasteiger partial charge in [0.15, 0.2) is 0 Å². The van der Waals surface area contributed by atoms with Crippen molar-refractivity contribution < 1.29 is 22.0 Å². The Balaban J connectivity index is 1.46. The van der Waals surface area contributed by atoms with E-state index >= 15 is 0 Å². The van der Waals surface area contributed by atoms with Gasteiger partial charge in [-0.25, -0.2) is 22.3 Å². The molecule has 1 aliphatic carbocycles. The number of hydrogen-bond acceptors (Lipinski definition) is 4. The highest BCUT2D eigenvalue weighted by Gasteiger charge is 2.40. The first kappa shape index (κ1) is 21.7. The lowest BCUT2D eigenvalue weighted by Crippen LogP contribution is -2.43. The zero-order chi connectivity index (χ0) is 23.3. The number of carbonyl (C=O) groups excluding carboxylic acids is 1. The van der Waals surface area contributed by atoms with Gasteiger partial charge in [0.05, 0.1) is 11.7 Å². The molecule has 2 aromatic carbocycles. The van der Waals surface area contributed by atoms with Crippen molar-refractivity contribution in [1.82, 2.24) is 4.98 Å². The fourth-order valence-electron chi connectivity index (χ4n) is 4.84. The zero-order valence-electron chi connectivity index (χ0n) is 17.5. The summed E-state index contributed by atoms with van der Waals surface area (Å²) in [6.07, 6.45) is 2.80. The molecule has 2 atom stereocenters. The molecule has 1 amide bonds. The summed E-state index contributed by atoms with van der Waals surface area (Å²) in [4.78, 5) is 18.5. The van der Waals surface area contributed by atoms with Crippen LogP contribution in [0.4, 0.5) is 14.5 Å². The Labute approximate surface area is 190 Å². The maximum absolute atomic E-state index is 14.3. The van der Waals surface area contributed by atoms with Gasteiger partial charge in [0.2, 0.25) is 15.9 Å². The molecule has 1 aromatic heterocycles. The van der Waals surface area contributed by atoms with Gasteiger partial charge in [-0.3, -0.25) is 9.78 Å². The van der Waals surface area contributed by atoms with Gasteiger partial charge < -0.3 is 4.90 Å². The van der Waals surface area contributed by atoms with E-state index in [0.29, 0.717) is 18.4 Å². The van der Waals surface area contributed by atoms with Crippen molar-refractivity contribution in [2.75, 3.05) is 11.6 Å². The Kier molecular flexibility index (Phi) is 5.25. The number of rotatable bonds is 4. The minimum atomic E-state index is -4.33. The number of aromatic nitrogens is 1. The molecule has 2 aliphatic rings. The summed E-state index contributed by atoms with van der Waals surface area (Å²) >= 11 is 0. The van der Waals surface area contributed by atoms with E-state index in [9.17, 15) is 22.0 Å². The van der Waals surface area contributed by atoms with E-state index in [0.717, 1.165) is 34.5 Å². The molecule has 0 radical (unpaired) electrons. The number of sulfonamides is 1. The first-order chi connectivity index (χ1) is 15.8. The summed E-state index contributed by atoms with van der Waals surface area (Å²) in [5.74, 6) is -1.74. The number of fused-ring (bicyclic) bond motifs is 2. The lowest BCUT2D eigenvalue weighted by Gasteiger charge is -2.26. The third-order valence-electron chi connectivity index (χ3n) is 6.38.